The fraction of sp³-hybridized carbons (Fsp3) is 0.612. The molecule has 3 fully saturated rings. The van der Waals surface area contributed by atoms with E-state index in [9.17, 15) is 77.6 Å². The van der Waals surface area contributed by atoms with E-state index in [0.717, 1.165) is 23.1 Å². The highest BCUT2D eigenvalue weighted by atomic mass is 32.2. The SMILES string of the molecule is CCCCNC(=O)/N=C/C(CSCc1cc(CSCCNC(=O)CN2CCN(CC(=O)O)CCN(CC(=O)O)CCN(CC(=O)O)CC2)cc(CSCCC(N)=O)c1)C(=O)N1CCC[C@H]1C(=O)N1CCC[C@H]1C(=O)N[C@@H](CC)C(=O)N[C@@H](CCC(N)=O)C(=O)N[C@@H](Cc1ccccc1)C(N)=O. The van der Waals surface area contributed by atoms with Crippen LogP contribution in [0.15, 0.2) is 53.5 Å². The quantitative estimate of drug-likeness (QED) is 0.0306. The van der Waals surface area contributed by atoms with Crippen LogP contribution in [-0.2, 0) is 81.2 Å². The molecule has 31 nitrogen and oxygen atoms in total. The van der Waals surface area contributed by atoms with Crippen LogP contribution in [0, 0.1) is 5.92 Å². The van der Waals surface area contributed by atoms with Gasteiger partial charge in [-0.2, -0.15) is 35.3 Å². The molecule has 0 aliphatic carbocycles. The number of thioether (sulfide) groups is 3. The van der Waals surface area contributed by atoms with Crippen LogP contribution < -0.4 is 43.8 Å². The van der Waals surface area contributed by atoms with Crippen molar-refractivity contribution in [2.75, 3.05) is 122 Å². The Balaban J connectivity index is 1.24. The number of hydrogen-bond acceptors (Lipinski definition) is 20. The number of carbonyl (C=O) groups excluding carboxylic acids is 10. The minimum Gasteiger partial charge on any atom is -0.480 e. The number of urea groups is 1. The third-order valence-corrected chi connectivity index (χ3v) is 20.3. The van der Waals surface area contributed by atoms with Crippen molar-refractivity contribution >= 4 is 119 Å². The summed E-state index contributed by atoms with van der Waals surface area (Å²) in [7, 11) is 0. The molecule has 0 spiro atoms. The van der Waals surface area contributed by atoms with E-state index < -0.39 is 107 Å². The lowest BCUT2D eigenvalue weighted by Gasteiger charge is -2.32. The molecule has 3 aliphatic heterocycles. The van der Waals surface area contributed by atoms with Crippen LogP contribution in [0.5, 0.6) is 0 Å². The fourth-order valence-corrected chi connectivity index (χ4v) is 14.5. The van der Waals surface area contributed by atoms with Gasteiger partial charge in [-0.25, -0.2) is 9.79 Å². The summed E-state index contributed by atoms with van der Waals surface area (Å²) in [6, 6.07) is 8.64. The number of rotatable bonds is 41. The number of unbranched alkanes of at least 4 members (excludes halogenated alkanes) is 1. The number of carboxylic acid groups (broad SMARTS) is 3. The number of benzene rings is 2. The molecule has 3 saturated heterocycles. The lowest BCUT2D eigenvalue weighted by Crippen LogP contribution is -2.58. The van der Waals surface area contributed by atoms with E-state index in [0.29, 0.717) is 86.2 Å². The maximum Gasteiger partial charge on any atom is 0.340 e. The van der Waals surface area contributed by atoms with Crippen LogP contribution in [0.25, 0.3) is 0 Å². The van der Waals surface area contributed by atoms with Crippen molar-refractivity contribution in [2.45, 2.75) is 132 Å². The molecule has 0 bridgehead atoms. The summed E-state index contributed by atoms with van der Waals surface area (Å²) in [6.07, 6.45) is 4.10. The maximum absolute atomic E-state index is 14.9. The number of carbonyl (C=O) groups is 13. The second kappa shape index (κ2) is 45.2. The second-order valence-corrected chi connectivity index (χ2v) is 28.4. The number of aliphatic carboxylic acids is 3. The summed E-state index contributed by atoms with van der Waals surface area (Å²) in [5, 5.41) is 42.4. The molecular weight excluding hydrogens is 1370 g/mol. The Morgan fingerprint density at radius 2 is 1.07 bits per heavy atom. The average molecular weight is 1470 g/mol. The summed E-state index contributed by atoms with van der Waals surface area (Å²) in [5.74, 6) is -6.74. The maximum atomic E-state index is 14.9. The molecule has 2 aromatic rings. The zero-order valence-electron chi connectivity index (χ0n) is 57.7. The number of nitrogens with two attached hydrogens (primary N) is 3. The van der Waals surface area contributed by atoms with E-state index in [1.807, 2.05) is 17.9 Å². The predicted molar refractivity (Wildman–Crippen MR) is 384 cm³/mol. The predicted octanol–water partition coefficient (Wildman–Crippen LogP) is -0.110. The first-order valence-corrected chi connectivity index (χ1v) is 37.7. The Hall–Kier alpha value is -7.89. The molecule has 3 heterocycles. The molecule has 11 amide bonds. The summed E-state index contributed by atoms with van der Waals surface area (Å²) < 4.78 is 0. The van der Waals surface area contributed by atoms with Crippen molar-refractivity contribution < 1.29 is 77.6 Å². The zero-order chi connectivity index (χ0) is 73.8. The van der Waals surface area contributed by atoms with Crippen LogP contribution >= 0.6 is 35.3 Å². The van der Waals surface area contributed by atoms with Crippen LogP contribution in [0.1, 0.15) is 100 Å². The van der Waals surface area contributed by atoms with Gasteiger partial charge in [-0.05, 0) is 67.2 Å². The van der Waals surface area contributed by atoms with Gasteiger partial charge in [0.15, 0.2) is 0 Å². The second-order valence-electron chi connectivity index (χ2n) is 25.2. The van der Waals surface area contributed by atoms with Crippen molar-refractivity contribution in [1.82, 2.24) is 56.0 Å². The first-order chi connectivity index (χ1) is 48.3. The smallest absolute Gasteiger partial charge is 0.340 e. The fourth-order valence-electron chi connectivity index (χ4n) is 11.8. The van der Waals surface area contributed by atoms with Crippen molar-refractivity contribution in [1.29, 1.82) is 0 Å². The average Bonchev–Trinajstić information content (AvgIpc) is 1.67. The molecule has 0 saturated carbocycles. The van der Waals surface area contributed by atoms with Gasteiger partial charge in [0.2, 0.25) is 53.2 Å². The number of amides is 11. The van der Waals surface area contributed by atoms with Gasteiger partial charge < -0.3 is 68.9 Å². The third kappa shape index (κ3) is 31.5. The van der Waals surface area contributed by atoms with Gasteiger partial charge in [0.05, 0.1) is 32.1 Å². The molecule has 6 atom stereocenters. The number of primary amides is 3. The van der Waals surface area contributed by atoms with Gasteiger partial charge in [-0.15, -0.1) is 0 Å². The van der Waals surface area contributed by atoms with Gasteiger partial charge in [-0.1, -0.05) is 68.8 Å². The molecular formula is C67H101N15O16S3. The normalized spacial score (nSPS) is 17.9. The molecule has 558 valence electrons. The first-order valence-electron chi connectivity index (χ1n) is 34.2. The molecule has 2 aromatic carbocycles. The number of hydrogen-bond donors (Lipinski definition) is 11. The Kier molecular flexibility index (Phi) is 37.5. The van der Waals surface area contributed by atoms with Crippen molar-refractivity contribution in [2.24, 2.45) is 28.1 Å². The van der Waals surface area contributed by atoms with Gasteiger partial charge in [-0.3, -0.25) is 77.1 Å². The summed E-state index contributed by atoms with van der Waals surface area (Å²) in [5.41, 5.74) is 20.1. The van der Waals surface area contributed by atoms with Gasteiger partial charge in [0.1, 0.15) is 30.2 Å². The van der Waals surface area contributed by atoms with Crippen LogP contribution in [-0.4, -0.2) is 280 Å². The summed E-state index contributed by atoms with van der Waals surface area (Å²) in [6.45, 7) is 5.93. The Labute approximate surface area is 602 Å². The number of carboxylic acids is 3. The third-order valence-electron chi connectivity index (χ3n) is 17.1. The highest BCUT2D eigenvalue weighted by molar-refractivity contribution is 7.99. The standard InChI is InChI=1S/C67H101N15O16S3/c1-3-5-18-72-67(98)73-36-49(65(96)82-21-10-14-54(82)66(97)81-20-9-13-53(81)64(95)74-50(4-2)62(93)75-51(15-16-55(68)83)63(94)76-52(61(70)92)35-45-11-7-6-8-12-45)44-101-43-48-33-46(41-99-30-17-56(69)84)32-47(34-48)42-100-31-19-71-57(85)37-77-22-24-78(38-58(86)87)26-28-80(40-60(90)91)29-27-79(25-23-77)39-59(88)89/h6-8,11-12,32-34,36,49-54H,3-5,9-10,13-31,35,37-44H2,1-2H3,(H2,68,83)(H2,69,84)(H2,70,92)(H,71,85)(H,72,98)(H,74,95)(H,75,93)(H,76,94)(H,86,87)(H,88,89)(H,90,91)/b73-36+/t49?,50-,51-,52-,53-,54-/m0/s1. The summed E-state index contributed by atoms with van der Waals surface area (Å²) >= 11 is 4.56. The topological polar surface area (TPSA) is 453 Å². The lowest BCUT2D eigenvalue weighted by molar-refractivity contribution is -0.147. The monoisotopic (exact) mass is 1470 g/mol. The van der Waals surface area contributed by atoms with Crippen LogP contribution in [0.3, 0.4) is 0 Å². The van der Waals surface area contributed by atoms with E-state index in [1.54, 1.807) is 75.5 Å². The van der Waals surface area contributed by atoms with E-state index >= 15 is 0 Å². The highest BCUT2D eigenvalue weighted by Gasteiger charge is 2.44. The minimum atomic E-state index is -1.36. The zero-order valence-corrected chi connectivity index (χ0v) is 60.2. The van der Waals surface area contributed by atoms with Crippen molar-refractivity contribution in [3.05, 3.63) is 70.8 Å². The van der Waals surface area contributed by atoms with E-state index in [4.69, 9.17) is 17.2 Å². The summed E-state index contributed by atoms with van der Waals surface area (Å²) in [4.78, 5) is 183. The van der Waals surface area contributed by atoms with Gasteiger partial charge in [0.25, 0.3) is 0 Å². The molecule has 0 aromatic heterocycles. The van der Waals surface area contributed by atoms with Gasteiger partial charge >= 0.3 is 23.9 Å². The van der Waals surface area contributed by atoms with Crippen molar-refractivity contribution in [3.63, 3.8) is 0 Å². The number of aliphatic imine (C=N–C) groups is 1. The lowest BCUT2D eigenvalue weighted by atomic mass is 10.0. The number of likely N-dealkylation sites (tertiary alicyclic amines) is 2. The Morgan fingerprint density at radius 1 is 0.564 bits per heavy atom. The molecule has 101 heavy (non-hydrogen) atoms. The number of nitrogens with zero attached hydrogens (tertiary/aromatic N) is 7. The molecule has 1 unspecified atom stereocenters. The highest BCUT2D eigenvalue weighted by Crippen LogP contribution is 2.29. The molecule has 14 N–H and O–H groups in total. The van der Waals surface area contributed by atoms with Crippen LogP contribution in [0.2, 0.25) is 0 Å². The Bertz CT molecular complexity index is 3130. The number of nitrogens with one attached hydrogen (secondary N) is 5. The van der Waals surface area contributed by atoms with E-state index in [2.05, 4.69) is 43.7 Å². The molecule has 3 aliphatic rings. The van der Waals surface area contributed by atoms with E-state index in [-0.39, 0.29) is 129 Å². The first kappa shape index (κ1) is 83.8. The van der Waals surface area contributed by atoms with Crippen LogP contribution in [0.4, 0.5) is 4.79 Å². The molecule has 34 heteroatoms. The largest absolute Gasteiger partial charge is 0.480 e. The van der Waals surface area contributed by atoms with E-state index in [1.165, 1.54) is 27.8 Å². The van der Waals surface area contributed by atoms with Gasteiger partial charge in [0, 0.05) is 139 Å². The molecule has 0 radical (unpaired) electrons. The van der Waals surface area contributed by atoms with Crippen molar-refractivity contribution in [3.8, 4) is 0 Å². The molecule has 5 rings (SSSR count). The minimum absolute atomic E-state index is 0.0310. The Morgan fingerprint density at radius 3 is 1.59 bits per heavy atom.